The Kier molecular flexibility index (Phi) is 5.13. The van der Waals surface area contributed by atoms with Gasteiger partial charge in [0, 0.05) is 11.7 Å². The van der Waals surface area contributed by atoms with Crippen molar-refractivity contribution in [1.82, 2.24) is 14.5 Å². The minimum Gasteiger partial charge on any atom is -0.476 e. The number of carbonyl (C=O) groups is 1. The number of hydrogen-bond donors (Lipinski definition) is 1. The molecule has 0 aliphatic carbocycles. The maximum atomic E-state index is 12.4. The highest BCUT2D eigenvalue weighted by atomic mass is 16.5. The monoisotopic (exact) mass is 340 g/mol. The van der Waals surface area contributed by atoms with Crippen molar-refractivity contribution in [2.75, 3.05) is 18.5 Å². The molecule has 0 saturated carbocycles. The van der Waals surface area contributed by atoms with E-state index >= 15 is 0 Å². The largest absolute Gasteiger partial charge is 0.476 e. The highest BCUT2D eigenvalue weighted by Crippen LogP contribution is 2.23. The Morgan fingerprint density at radius 2 is 1.96 bits per heavy atom. The zero-order chi connectivity index (χ0) is 17.6. The third-order valence-corrected chi connectivity index (χ3v) is 3.55. The highest BCUT2D eigenvalue weighted by Gasteiger charge is 2.13. The number of para-hydroxylation sites is 1. The molecule has 25 heavy (non-hydrogen) atoms. The van der Waals surface area contributed by atoms with Gasteiger partial charge in [0.2, 0.25) is 11.8 Å². The van der Waals surface area contributed by atoms with Crippen LogP contribution in [-0.4, -0.2) is 33.7 Å². The molecule has 0 saturated heterocycles. The summed E-state index contributed by atoms with van der Waals surface area (Å²) in [5.41, 5.74) is 1.43. The molecule has 0 aliphatic rings. The van der Waals surface area contributed by atoms with Crippen LogP contribution < -0.4 is 14.8 Å². The van der Waals surface area contributed by atoms with Crippen LogP contribution >= 0.6 is 0 Å². The molecular weight excluding hydrogens is 320 g/mol. The van der Waals surface area contributed by atoms with Gasteiger partial charge in [0.25, 0.3) is 0 Å². The maximum Gasteiger partial charge on any atom is 0.319 e. The number of ether oxygens (including phenoxy) is 2. The molecule has 0 bridgehead atoms. The van der Waals surface area contributed by atoms with Crippen molar-refractivity contribution in [2.45, 2.75) is 20.4 Å². The molecule has 1 amide bonds. The maximum absolute atomic E-state index is 12.4. The molecule has 0 spiro atoms. The lowest BCUT2D eigenvalue weighted by Crippen LogP contribution is -2.19. The summed E-state index contributed by atoms with van der Waals surface area (Å²) in [6.45, 7) is 4.76. The molecule has 2 aromatic heterocycles. The van der Waals surface area contributed by atoms with Gasteiger partial charge in [0.15, 0.2) is 0 Å². The van der Waals surface area contributed by atoms with Crippen LogP contribution in [0.5, 0.6) is 11.9 Å². The number of aromatic nitrogens is 3. The second-order valence-corrected chi connectivity index (χ2v) is 5.29. The standard InChI is InChI=1S/C18H20N4O3/c1-3-24-17-14(11-19-18(21-17)25-4-2)20-16(23)12-22-10-9-13-7-5-6-8-15(13)22/h5-11H,3-4,12H2,1-2H3,(H,20,23). The zero-order valence-electron chi connectivity index (χ0n) is 14.2. The fourth-order valence-corrected chi connectivity index (χ4v) is 2.51. The summed E-state index contributed by atoms with van der Waals surface area (Å²) in [7, 11) is 0. The topological polar surface area (TPSA) is 78.3 Å². The number of anilines is 1. The number of nitrogens with one attached hydrogen (secondary N) is 1. The van der Waals surface area contributed by atoms with Gasteiger partial charge in [0.1, 0.15) is 12.2 Å². The van der Waals surface area contributed by atoms with Crippen LogP contribution in [0.2, 0.25) is 0 Å². The van der Waals surface area contributed by atoms with Gasteiger partial charge in [-0.3, -0.25) is 4.79 Å². The fourth-order valence-electron chi connectivity index (χ4n) is 2.51. The Bertz CT molecular complexity index is 876. The Morgan fingerprint density at radius 3 is 2.76 bits per heavy atom. The lowest BCUT2D eigenvalue weighted by atomic mass is 10.2. The number of amides is 1. The third kappa shape index (κ3) is 3.88. The second kappa shape index (κ2) is 7.65. The van der Waals surface area contributed by atoms with E-state index in [-0.39, 0.29) is 18.5 Å². The van der Waals surface area contributed by atoms with E-state index in [0.717, 1.165) is 10.9 Å². The SMILES string of the molecule is CCOc1ncc(NC(=O)Cn2ccc3ccccc32)c(OCC)n1. The van der Waals surface area contributed by atoms with Crippen LogP contribution in [0.3, 0.4) is 0 Å². The molecule has 2 heterocycles. The van der Waals surface area contributed by atoms with Gasteiger partial charge in [-0.2, -0.15) is 4.98 Å². The van der Waals surface area contributed by atoms with Crippen LogP contribution in [-0.2, 0) is 11.3 Å². The van der Waals surface area contributed by atoms with E-state index in [0.29, 0.717) is 24.8 Å². The summed E-state index contributed by atoms with van der Waals surface area (Å²) in [6.07, 6.45) is 3.39. The molecule has 0 aliphatic heterocycles. The van der Waals surface area contributed by atoms with Crippen molar-refractivity contribution in [2.24, 2.45) is 0 Å². The molecule has 3 rings (SSSR count). The number of hydrogen-bond acceptors (Lipinski definition) is 5. The highest BCUT2D eigenvalue weighted by molar-refractivity contribution is 5.92. The first-order valence-corrected chi connectivity index (χ1v) is 8.17. The first kappa shape index (κ1) is 16.8. The van der Waals surface area contributed by atoms with Gasteiger partial charge in [-0.25, -0.2) is 4.98 Å². The van der Waals surface area contributed by atoms with Gasteiger partial charge < -0.3 is 19.4 Å². The second-order valence-electron chi connectivity index (χ2n) is 5.29. The summed E-state index contributed by atoms with van der Waals surface area (Å²) in [5, 5.41) is 3.89. The quantitative estimate of drug-likeness (QED) is 0.715. The summed E-state index contributed by atoms with van der Waals surface area (Å²) < 4.78 is 12.6. The number of carbonyl (C=O) groups excluding carboxylic acids is 1. The Balaban J connectivity index is 1.76. The average molecular weight is 340 g/mol. The van der Waals surface area contributed by atoms with E-state index in [2.05, 4.69) is 15.3 Å². The summed E-state index contributed by atoms with van der Waals surface area (Å²) in [4.78, 5) is 20.7. The molecule has 0 radical (unpaired) electrons. The van der Waals surface area contributed by atoms with E-state index in [4.69, 9.17) is 9.47 Å². The summed E-state index contributed by atoms with van der Waals surface area (Å²) in [5.74, 6) is 0.113. The third-order valence-electron chi connectivity index (χ3n) is 3.55. The van der Waals surface area contributed by atoms with Crippen LogP contribution in [0.25, 0.3) is 10.9 Å². The van der Waals surface area contributed by atoms with Crippen LogP contribution in [0.4, 0.5) is 5.69 Å². The van der Waals surface area contributed by atoms with Gasteiger partial charge in [-0.15, -0.1) is 0 Å². The molecule has 1 aromatic carbocycles. The Hall–Kier alpha value is -3.09. The molecule has 130 valence electrons. The predicted molar refractivity (Wildman–Crippen MR) is 94.9 cm³/mol. The number of fused-ring (bicyclic) bond motifs is 1. The first-order chi connectivity index (χ1) is 12.2. The molecular formula is C18H20N4O3. The van der Waals surface area contributed by atoms with Crippen molar-refractivity contribution in [3.63, 3.8) is 0 Å². The summed E-state index contributed by atoms with van der Waals surface area (Å²) in [6, 6.07) is 10.1. The molecule has 0 fully saturated rings. The molecule has 0 unspecified atom stereocenters. The molecule has 3 aromatic rings. The van der Waals surface area contributed by atoms with E-state index in [1.165, 1.54) is 6.20 Å². The van der Waals surface area contributed by atoms with Gasteiger partial charge in [0.05, 0.1) is 19.4 Å². The number of benzene rings is 1. The summed E-state index contributed by atoms with van der Waals surface area (Å²) >= 11 is 0. The Morgan fingerprint density at radius 1 is 1.16 bits per heavy atom. The van der Waals surface area contributed by atoms with E-state index in [1.807, 2.05) is 54.9 Å². The van der Waals surface area contributed by atoms with Gasteiger partial charge >= 0.3 is 6.01 Å². The van der Waals surface area contributed by atoms with Crippen LogP contribution in [0, 0.1) is 0 Å². The molecule has 0 atom stereocenters. The lowest BCUT2D eigenvalue weighted by molar-refractivity contribution is -0.116. The van der Waals surface area contributed by atoms with E-state index in [1.54, 1.807) is 0 Å². The van der Waals surface area contributed by atoms with Crippen molar-refractivity contribution < 1.29 is 14.3 Å². The van der Waals surface area contributed by atoms with Crippen molar-refractivity contribution in [1.29, 1.82) is 0 Å². The zero-order valence-corrected chi connectivity index (χ0v) is 14.2. The number of nitrogens with zero attached hydrogens (tertiary/aromatic N) is 3. The van der Waals surface area contributed by atoms with Crippen molar-refractivity contribution >= 4 is 22.5 Å². The van der Waals surface area contributed by atoms with Crippen LogP contribution in [0.15, 0.2) is 42.7 Å². The minimum absolute atomic E-state index is 0.185. The average Bonchev–Trinajstić information content (AvgIpc) is 3.01. The van der Waals surface area contributed by atoms with Crippen molar-refractivity contribution in [3.8, 4) is 11.9 Å². The normalized spacial score (nSPS) is 10.6. The van der Waals surface area contributed by atoms with Gasteiger partial charge in [-0.05, 0) is 31.4 Å². The predicted octanol–water partition coefficient (Wildman–Crippen LogP) is 2.87. The first-order valence-electron chi connectivity index (χ1n) is 8.17. The van der Waals surface area contributed by atoms with Crippen LogP contribution in [0.1, 0.15) is 13.8 Å². The number of rotatable bonds is 7. The molecule has 7 heteroatoms. The van der Waals surface area contributed by atoms with E-state index in [9.17, 15) is 4.79 Å². The van der Waals surface area contributed by atoms with E-state index < -0.39 is 0 Å². The molecule has 1 N–H and O–H groups in total. The fraction of sp³-hybridized carbons (Fsp3) is 0.278. The Labute approximate surface area is 145 Å². The smallest absolute Gasteiger partial charge is 0.319 e. The lowest BCUT2D eigenvalue weighted by Gasteiger charge is -2.12. The minimum atomic E-state index is -0.185. The van der Waals surface area contributed by atoms with Gasteiger partial charge in [-0.1, -0.05) is 18.2 Å². The van der Waals surface area contributed by atoms with Crippen molar-refractivity contribution in [3.05, 3.63) is 42.7 Å². The molecule has 7 nitrogen and oxygen atoms in total.